The van der Waals surface area contributed by atoms with Crippen molar-refractivity contribution >= 4 is 11.2 Å². The summed E-state index contributed by atoms with van der Waals surface area (Å²) in [6.45, 7) is 5.76. The van der Waals surface area contributed by atoms with E-state index in [4.69, 9.17) is 5.84 Å². The molecule has 0 bridgehead atoms. The number of imidazole rings is 1. The largest absolute Gasteiger partial charge is 0.348 e. The number of nitrogens with zero attached hydrogens (tertiary/aromatic N) is 3. The lowest BCUT2D eigenvalue weighted by molar-refractivity contribution is 0.802. The van der Waals surface area contributed by atoms with Crippen LogP contribution in [0.3, 0.4) is 0 Å². The SMILES string of the molecule is C=CCn1c(C)nc2c1c(=O)[nH]c(=O)n2N. The van der Waals surface area contributed by atoms with Crippen LogP contribution in [0.2, 0.25) is 0 Å². The minimum atomic E-state index is -0.680. The first-order valence-electron chi connectivity index (χ1n) is 4.64. The summed E-state index contributed by atoms with van der Waals surface area (Å²) < 4.78 is 2.47. The number of hydrogen-bond donors (Lipinski definition) is 2. The minimum Gasteiger partial charge on any atom is -0.333 e. The molecule has 2 aromatic rings. The highest BCUT2D eigenvalue weighted by atomic mass is 16.2. The van der Waals surface area contributed by atoms with Gasteiger partial charge in [0.15, 0.2) is 11.2 Å². The molecule has 7 nitrogen and oxygen atoms in total. The van der Waals surface area contributed by atoms with E-state index in [9.17, 15) is 9.59 Å². The van der Waals surface area contributed by atoms with Gasteiger partial charge in [0.25, 0.3) is 5.56 Å². The number of aromatic nitrogens is 4. The topological polar surface area (TPSA) is 98.7 Å². The zero-order chi connectivity index (χ0) is 11.9. The number of hydrogen-bond acceptors (Lipinski definition) is 4. The second-order valence-corrected chi connectivity index (χ2v) is 3.36. The highest BCUT2D eigenvalue weighted by Crippen LogP contribution is 2.08. The molecule has 0 aliphatic rings. The molecule has 16 heavy (non-hydrogen) atoms. The van der Waals surface area contributed by atoms with E-state index in [2.05, 4.69) is 16.5 Å². The number of aryl methyl sites for hydroxylation is 1. The second-order valence-electron chi connectivity index (χ2n) is 3.36. The van der Waals surface area contributed by atoms with Crippen molar-refractivity contribution in [1.29, 1.82) is 0 Å². The summed E-state index contributed by atoms with van der Waals surface area (Å²) in [6.07, 6.45) is 1.64. The van der Waals surface area contributed by atoms with E-state index in [0.717, 1.165) is 4.68 Å². The molecule has 0 aliphatic heterocycles. The van der Waals surface area contributed by atoms with Crippen LogP contribution in [0.5, 0.6) is 0 Å². The minimum absolute atomic E-state index is 0.174. The highest BCUT2D eigenvalue weighted by Gasteiger charge is 2.13. The van der Waals surface area contributed by atoms with Crippen LogP contribution in [0, 0.1) is 6.92 Å². The van der Waals surface area contributed by atoms with Crippen molar-refractivity contribution in [3.8, 4) is 0 Å². The molecule has 0 radical (unpaired) electrons. The third-order valence-corrected chi connectivity index (χ3v) is 2.33. The van der Waals surface area contributed by atoms with E-state index in [-0.39, 0.29) is 11.2 Å². The van der Waals surface area contributed by atoms with Gasteiger partial charge in [-0.2, -0.15) is 4.68 Å². The Bertz CT molecular complexity index is 675. The predicted octanol–water partition coefficient (Wildman–Crippen LogP) is -0.905. The van der Waals surface area contributed by atoms with Gasteiger partial charge >= 0.3 is 5.69 Å². The fourth-order valence-electron chi connectivity index (χ4n) is 1.61. The summed E-state index contributed by atoms with van der Waals surface area (Å²) in [5, 5.41) is 0. The van der Waals surface area contributed by atoms with Gasteiger partial charge in [0.05, 0.1) is 0 Å². The number of rotatable bonds is 2. The first-order chi connectivity index (χ1) is 7.56. The van der Waals surface area contributed by atoms with E-state index in [1.54, 1.807) is 17.6 Å². The van der Waals surface area contributed by atoms with Gasteiger partial charge < -0.3 is 10.4 Å². The summed E-state index contributed by atoms with van der Waals surface area (Å²) in [4.78, 5) is 29.1. The van der Waals surface area contributed by atoms with Gasteiger partial charge in [-0.15, -0.1) is 6.58 Å². The first-order valence-corrected chi connectivity index (χ1v) is 4.64. The van der Waals surface area contributed by atoms with E-state index >= 15 is 0 Å². The lowest BCUT2D eigenvalue weighted by Gasteiger charge is -2.01. The summed E-state index contributed by atoms with van der Waals surface area (Å²) >= 11 is 0. The number of nitrogen functional groups attached to an aromatic ring is 1. The van der Waals surface area contributed by atoms with Crippen LogP contribution in [-0.2, 0) is 6.54 Å². The molecule has 0 aliphatic carbocycles. The maximum atomic E-state index is 11.6. The first kappa shape index (κ1) is 10.2. The van der Waals surface area contributed by atoms with Gasteiger partial charge in [0.1, 0.15) is 5.82 Å². The average molecular weight is 221 g/mol. The molecule has 2 aromatic heterocycles. The number of H-pyrrole nitrogens is 1. The van der Waals surface area contributed by atoms with Crippen molar-refractivity contribution in [3.05, 3.63) is 39.3 Å². The summed E-state index contributed by atoms with van der Waals surface area (Å²) in [5.41, 5.74) is -0.725. The van der Waals surface area contributed by atoms with Gasteiger partial charge in [-0.1, -0.05) is 6.08 Å². The lowest BCUT2D eigenvalue weighted by Crippen LogP contribution is -2.35. The molecule has 0 aromatic carbocycles. The van der Waals surface area contributed by atoms with Crippen LogP contribution in [0.15, 0.2) is 22.2 Å². The van der Waals surface area contributed by atoms with Gasteiger partial charge in [0, 0.05) is 6.54 Å². The number of nitrogens with one attached hydrogen (secondary N) is 1. The molecule has 2 rings (SSSR count). The molecule has 84 valence electrons. The Morgan fingerprint density at radius 1 is 1.56 bits per heavy atom. The summed E-state index contributed by atoms with van der Waals surface area (Å²) in [7, 11) is 0. The second kappa shape index (κ2) is 3.37. The molecule has 2 heterocycles. The van der Waals surface area contributed by atoms with E-state index in [1.807, 2.05) is 0 Å². The summed E-state index contributed by atoms with van der Waals surface area (Å²) in [5.74, 6) is 6.10. The van der Waals surface area contributed by atoms with Crippen LogP contribution in [0.4, 0.5) is 0 Å². The van der Waals surface area contributed by atoms with E-state index < -0.39 is 11.2 Å². The zero-order valence-electron chi connectivity index (χ0n) is 8.73. The van der Waals surface area contributed by atoms with Crippen molar-refractivity contribution in [2.24, 2.45) is 0 Å². The average Bonchev–Trinajstić information content (AvgIpc) is 2.54. The summed E-state index contributed by atoms with van der Waals surface area (Å²) in [6, 6.07) is 0. The van der Waals surface area contributed by atoms with Gasteiger partial charge in [-0.05, 0) is 6.92 Å². The fraction of sp³-hybridized carbons (Fsp3) is 0.222. The molecule has 0 saturated carbocycles. The maximum absolute atomic E-state index is 11.6. The molecular weight excluding hydrogens is 210 g/mol. The number of fused-ring (bicyclic) bond motifs is 1. The molecule has 0 fully saturated rings. The molecule has 3 N–H and O–H groups in total. The zero-order valence-corrected chi connectivity index (χ0v) is 8.73. The van der Waals surface area contributed by atoms with E-state index in [0.29, 0.717) is 12.4 Å². The molecule has 0 unspecified atom stereocenters. The Hall–Kier alpha value is -2.31. The van der Waals surface area contributed by atoms with Crippen LogP contribution >= 0.6 is 0 Å². The van der Waals surface area contributed by atoms with Crippen LogP contribution < -0.4 is 17.1 Å². The Kier molecular flexibility index (Phi) is 2.15. The normalized spacial score (nSPS) is 10.8. The van der Waals surface area contributed by atoms with Crippen LogP contribution in [0.1, 0.15) is 5.82 Å². The standard InChI is InChI=1S/C9H11N5O2/c1-3-4-13-5(2)11-7-6(13)8(15)12-9(16)14(7)10/h3H,1,4,10H2,2H3,(H,12,15,16). The molecule has 0 saturated heterocycles. The Morgan fingerprint density at radius 3 is 2.88 bits per heavy atom. The number of nitrogens with two attached hydrogens (primary N) is 1. The van der Waals surface area contributed by atoms with Gasteiger partial charge in [-0.25, -0.2) is 9.78 Å². The van der Waals surface area contributed by atoms with Crippen LogP contribution in [-0.4, -0.2) is 19.2 Å². The van der Waals surface area contributed by atoms with Crippen LogP contribution in [0.25, 0.3) is 11.2 Å². The van der Waals surface area contributed by atoms with Crippen molar-refractivity contribution < 1.29 is 0 Å². The van der Waals surface area contributed by atoms with Crippen molar-refractivity contribution in [1.82, 2.24) is 19.2 Å². The predicted molar refractivity (Wildman–Crippen MR) is 59.7 cm³/mol. The Morgan fingerprint density at radius 2 is 2.25 bits per heavy atom. The molecule has 0 amide bonds. The lowest BCUT2D eigenvalue weighted by atomic mass is 10.5. The Balaban J connectivity index is 3.00. The number of aromatic amines is 1. The quantitative estimate of drug-likeness (QED) is 0.506. The van der Waals surface area contributed by atoms with Crippen molar-refractivity contribution in [2.75, 3.05) is 5.84 Å². The van der Waals surface area contributed by atoms with E-state index in [1.165, 1.54) is 0 Å². The maximum Gasteiger partial charge on any atom is 0.348 e. The van der Waals surface area contributed by atoms with Crippen molar-refractivity contribution in [3.63, 3.8) is 0 Å². The highest BCUT2D eigenvalue weighted by molar-refractivity contribution is 5.70. The monoisotopic (exact) mass is 221 g/mol. The molecular formula is C9H11N5O2. The molecule has 0 spiro atoms. The number of allylic oxidation sites excluding steroid dienone is 1. The van der Waals surface area contributed by atoms with Gasteiger partial charge in [0.2, 0.25) is 0 Å². The van der Waals surface area contributed by atoms with Crippen molar-refractivity contribution in [2.45, 2.75) is 13.5 Å². The fourth-order valence-corrected chi connectivity index (χ4v) is 1.61. The Labute approximate surface area is 89.8 Å². The molecule has 0 atom stereocenters. The third kappa shape index (κ3) is 1.25. The van der Waals surface area contributed by atoms with Gasteiger partial charge in [-0.3, -0.25) is 9.78 Å². The third-order valence-electron chi connectivity index (χ3n) is 2.33. The smallest absolute Gasteiger partial charge is 0.333 e. The molecule has 7 heteroatoms.